The van der Waals surface area contributed by atoms with Gasteiger partial charge in [-0.3, -0.25) is 0 Å². The highest BCUT2D eigenvalue weighted by Gasteiger charge is 1.98. The normalized spacial score (nSPS) is 9.08. The lowest BCUT2D eigenvalue weighted by Gasteiger charge is -2.03. The van der Waals surface area contributed by atoms with Gasteiger partial charge in [0, 0.05) is 11.6 Å². The zero-order valence-corrected chi connectivity index (χ0v) is 7.29. The molecule has 0 saturated carbocycles. The third-order valence-electron chi connectivity index (χ3n) is 1.51. The monoisotopic (exact) mass is 161 g/mol. The molecule has 0 fully saturated rings. The van der Waals surface area contributed by atoms with Crippen LogP contribution in [0.4, 0.5) is 0 Å². The molecule has 0 saturated heterocycles. The van der Waals surface area contributed by atoms with Crippen LogP contribution in [0.25, 0.3) is 0 Å². The predicted octanol–water partition coefficient (Wildman–Crippen LogP) is 1.77. The summed E-state index contributed by atoms with van der Waals surface area (Å²) in [6.07, 6.45) is 5.24. The Balaban J connectivity index is 2.96. The average molecular weight is 161 g/mol. The number of hydrogen-bond donors (Lipinski definition) is 0. The molecule has 12 heavy (non-hydrogen) atoms. The van der Waals surface area contributed by atoms with Crippen LogP contribution in [0, 0.1) is 19.3 Å². The van der Waals surface area contributed by atoms with E-state index in [0.717, 1.165) is 11.3 Å². The Hall–Kier alpha value is -1.49. The predicted molar refractivity (Wildman–Crippen MR) is 48.1 cm³/mol. The Labute approximate surface area is 72.6 Å². The van der Waals surface area contributed by atoms with Crippen LogP contribution in [-0.2, 0) is 0 Å². The molecule has 1 heterocycles. The second-order valence-electron chi connectivity index (χ2n) is 2.36. The minimum atomic E-state index is 0.627. The van der Waals surface area contributed by atoms with Crippen molar-refractivity contribution in [2.24, 2.45) is 0 Å². The van der Waals surface area contributed by atoms with Crippen LogP contribution in [0.15, 0.2) is 12.1 Å². The molecule has 1 aromatic heterocycles. The van der Waals surface area contributed by atoms with Crippen LogP contribution < -0.4 is 4.74 Å². The van der Waals surface area contributed by atoms with E-state index in [0.29, 0.717) is 12.5 Å². The van der Waals surface area contributed by atoms with E-state index in [1.54, 1.807) is 6.07 Å². The second-order valence-corrected chi connectivity index (χ2v) is 2.36. The molecule has 0 spiro atoms. The number of ether oxygens (including phenoxy) is 1. The van der Waals surface area contributed by atoms with Gasteiger partial charge in [0.05, 0.1) is 12.3 Å². The van der Waals surface area contributed by atoms with Crippen molar-refractivity contribution in [3.63, 3.8) is 0 Å². The summed E-state index contributed by atoms with van der Waals surface area (Å²) in [7, 11) is 0. The zero-order chi connectivity index (χ0) is 8.97. The fourth-order valence-corrected chi connectivity index (χ4v) is 0.919. The maximum Gasteiger partial charge on any atom is 0.213 e. The summed E-state index contributed by atoms with van der Waals surface area (Å²) in [4.78, 5) is 4.17. The Bertz CT molecular complexity index is 312. The molecule has 0 aliphatic rings. The molecule has 62 valence electrons. The molecule has 2 nitrogen and oxygen atoms in total. The summed E-state index contributed by atoms with van der Waals surface area (Å²) >= 11 is 0. The Morgan fingerprint density at radius 3 is 2.83 bits per heavy atom. The van der Waals surface area contributed by atoms with Crippen molar-refractivity contribution < 1.29 is 4.74 Å². The molecule has 0 aromatic carbocycles. The standard InChI is InChI=1S/C10H11NO/c1-4-9-6-7-10(12-5-2)11-8(9)3/h1,6-7H,5H2,2-3H3. The number of rotatable bonds is 2. The average Bonchev–Trinajstić information content (AvgIpc) is 2.05. The molecule has 0 radical (unpaired) electrons. The van der Waals surface area contributed by atoms with Gasteiger partial charge in [-0.1, -0.05) is 5.92 Å². The third kappa shape index (κ3) is 1.76. The molecule has 0 amide bonds. The lowest BCUT2D eigenvalue weighted by Crippen LogP contribution is -1.96. The van der Waals surface area contributed by atoms with Crippen LogP contribution in [0.5, 0.6) is 5.88 Å². The second kappa shape index (κ2) is 3.77. The van der Waals surface area contributed by atoms with Crippen LogP contribution in [-0.4, -0.2) is 11.6 Å². The summed E-state index contributed by atoms with van der Waals surface area (Å²) < 4.78 is 5.21. The fraction of sp³-hybridized carbons (Fsp3) is 0.300. The number of aryl methyl sites for hydroxylation is 1. The van der Waals surface area contributed by atoms with Crippen LogP contribution in [0.1, 0.15) is 18.2 Å². The largest absolute Gasteiger partial charge is 0.478 e. The van der Waals surface area contributed by atoms with E-state index >= 15 is 0 Å². The lowest BCUT2D eigenvalue weighted by molar-refractivity contribution is 0.326. The van der Waals surface area contributed by atoms with Gasteiger partial charge in [-0.05, 0) is 19.9 Å². The van der Waals surface area contributed by atoms with E-state index in [9.17, 15) is 0 Å². The molecule has 2 heteroatoms. The summed E-state index contributed by atoms with van der Waals surface area (Å²) in [5.41, 5.74) is 1.65. The van der Waals surface area contributed by atoms with Crippen molar-refractivity contribution in [2.75, 3.05) is 6.61 Å². The smallest absolute Gasteiger partial charge is 0.213 e. The van der Waals surface area contributed by atoms with Gasteiger partial charge in [-0.25, -0.2) is 4.98 Å². The van der Waals surface area contributed by atoms with Gasteiger partial charge >= 0.3 is 0 Å². The highest BCUT2D eigenvalue weighted by molar-refractivity contribution is 5.37. The lowest BCUT2D eigenvalue weighted by atomic mass is 10.2. The van der Waals surface area contributed by atoms with E-state index < -0.39 is 0 Å². The Morgan fingerprint density at radius 2 is 2.33 bits per heavy atom. The number of hydrogen-bond acceptors (Lipinski definition) is 2. The van der Waals surface area contributed by atoms with Gasteiger partial charge in [0.2, 0.25) is 5.88 Å². The first-order valence-corrected chi connectivity index (χ1v) is 3.85. The molecule has 0 aliphatic heterocycles. The molecular weight excluding hydrogens is 150 g/mol. The molecule has 0 unspecified atom stereocenters. The Morgan fingerprint density at radius 1 is 1.58 bits per heavy atom. The van der Waals surface area contributed by atoms with Crippen molar-refractivity contribution in [2.45, 2.75) is 13.8 Å². The minimum absolute atomic E-state index is 0.627. The number of terminal acetylenes is 1. The van der Waals surface area contributed by atoms with Crippen LogP contribution >= 0.6 is 0 Å². The molecule has 0 N–H and O–H groups in total. The van der Waals surface area contributed by atoms with Crippen molar-refractivity contribution in [1.82, 2.24) is 4.98 Å². The first-order chi connectivity index (χ1) is 5.77. The SMILES string of the molecule is C#Cc1ccc(OCC)nc1C. The first kappa shape index (κ1) is 8.61. The Kier molecular flexibility index (Phi) is 2.71. The van der Waals surface area contributed by atoms with Gasteiger partial charge < -0.3 is 4.74 Å². The van der Waals surface area contributed by atoms with Crippen molar-refractivity contribution in [3.8, 4) is 18.2 Å². The van der Waals surface area contributed by atoms with E-state index in [2.05, 4.69) is 10.9 Å². The van der Waals surface area contributed by atoms with E-state index in [1.807, 2.05) is 19.9 Å². The fourth-order valence-electron chi connectivity index (χ4n) is 0.919. The van der Waals surface area contributed by atoms with Crippen molar-refractivity contribution in [1.29, 1.82) is 0 Å². The number of pyridine rings is 1. The molecule has 1 rings (SSSR count). The van der Waals surface area contributed by atoms with Crippen LogP contribution in [0.2, 0.25) is 0 Å². The summed E-state index contributed by atoms with van der Waals surface area (Å²) in [6, 6.07) is 3.62. The third-order valence-corrected chi connectivity index (χ3v) is 1.51. The minimum Gasteiger partial charge on any atom is -0.478 e. The maximum absolute atomic E-state index is 5.24. The molecule has 0 atom stereocenters. The van der Waals surface area contributed by atoms with Gasteiger partial charge in [0.1, 0.15) is 0 Å². The molecule has 1 aromatic rings. The first-order valence-electron chi connectivity index (χ1n) is 3.85. The topological polar surface area (TPSA) is 22.1 Å². The summed E-state index contributed by atoms with van der Waals surface area (Å²) in [6.45, 7) is 4.42. The van der Waals surface area contributed by atoms with Gasteiger partial charge in [0.15, 0.2) is 0 Å². The number of nitrogens with zero attached hydrogens (tertiary/aromatic N) is 1. The van der Waals surface area contributed by atoms with Crippen molar-refractivity contribution >= 4 is 0 Å². The highest BCUT2D eigenvalue weighted by atomic mass is 16.5. The van der Waals surface area contributed by atoms with E-state index in [1.165, 1.54) is 0 Å². The zero-order valence-electron chi connectivity index (χ0n) is 7.29. The highest BCUT2D eigenvalue weighted by Crippen LogP contribution is 2.10. The molecular formula is C10H11NO. The van der Waals surface area contributed by atoms with Crippen LogP contribution in [0.3, 0.4) is 0 Å². The molecule has 0 aliphatic carbocycles. The van der Waals surface area contributed by atoms with E-state index in [4.69, 9.17) is 11.2 Å². The molecule has 0 bridgehead atoms. The van der Waals surface area contributed by atoms with Gasteiger partial charge in [-0.2, -0.15) is 0 Å². The maximum atomic E-state index is 5.24. The van der Waals surface area contributed by atoms with Crippen molar-refractivity contribution in [3.05, 3.63) is 23.4 Å². The summed E-state index contributed by atoms with van der Waals surface area (Å²) in [5.74, 6) is 3.18. The van der Waals surface area contributed by atoms with E-state index in [-0.39, 0.29) is 0 Å². The van der Waals surface area contributed by atoms with Gasteiger partial charge in [0.25, 0.3) is 0 Å². The summed E-state index contributed by atoms with van der Waals surface area (Å²) in [5, 5.41) is 0. The van der Waals surface area contributed by atoms with Gasteiger partial charge in [-0.15, -0.1) is 6.42 Å². The number of aromatic nitrogens is 1. The quantitative estimate of drug-likeness (QED) is 0.617.